The first-order chi connectivity index (χ1) is 14.7. The van der Waals surface area contributed by atoms with Crippen LogP contribution in [0.3, 0.4) is 0 Å². The molecule has 156 valence electrons. The van der Waals surface area contributed by atoms with Crippen molar-refractivity contribution in [1.29, 1.82) is 0 Å². The van der Waals surface area contributed by atoms with Crippen LogP contribution < -0.4 is 4.90 Å². The van der Waals surface area contributed by atoms with Gasteiger partial charge in [0, 0.05) is 12.1 Å². The molecule has 3 aromatic rings. The van der Waals surface area contributed by atoms with Gasteiger partial charge in [-0.05, 0) is 17.7 Å². The Hall–Kier alpha value is -2.67. The average molecular weight is 426 g/mol. The second kappa shape index (κ2) is 9.89. The number of aromatic nitrogens is 2. The number of carbonyl (C=O) groups excluding carboxylic acids is 1. The molecule has 0 atom stereocenters. The van der Waals surface area contributed by atoms with Crippen molar-refractivity contribution in [3.05, 3.63) is 76.9 Å². The fourth-order valence-corrected chi connectivity index (χ4v) is 3.97. The van der Waals surface area contributed by atoms with Crippen molar-refractivity contribution in [3.8, 4) is 11.3 Å². The van der Waals surface area contributed by atoms with Gasteiger partial charge >= 0.3 is 0 Å². The molecule has 0 radical (unpaired) electrons. The Bertz CT molecular complexity index is 970. The van der Waals surface area contributed by atoms with E-state index in [1.807, 2.05) is 47.4 Å². The number of carbonyl (C=O) groups is 1. The molecule has 1 aliphatic heterocycles. The minimum absolute atomic E-state index is 0.0616. The highest BCUT2D eigenvalue weighted by Gasteiger charge is 2.23. The van der Waals surface area contributed by atoms with Crippen LogP contribution in [0, 0.1) is 0 Å². The topological polar surface area (TPSA) is 62.7 Å². The van der Waals surface area contributed by atoms with Crippen LogP contribution in [0.4, 0.5) is 0 Å². The fraction of sp³-hybridized carbons (Fsp3) is 0.304. The van der Waals surface area contributed by atoms with Crippen molar-refractivity contribution < 1.29 is 14.4 Å². The molecule has 6 nitrogen and oxygen atoms in total. The smallest absolute Gasteiger partial charge is 0.255 e. The summed E-state index contributed by atoms with van der Waals surface area (Å²) in [5.41, 5.74) is 3.50. The number of halogens is 1. The number of morpholine rings is 1. The summed E-state index contributed by atoms with van der Waals surface area (Å²) < 4.78 is 5.46. The zero-order chi connectivity index (χ0) is 20.8. The van der Waals surface area contributed by atoms with Gasteiger partial charge in [-0.15, -0.1) is 0 Å². The Labute approximate surface area is 181 Å². The lowest BCUT2D eigenvalue weighted by Gasteiger charge is -2.28. The number of H-pyrrole nitrogens is 1. The van der Waals surface area contributed by atoms with E-state index in [9.17, 15) is 4.79 Å². The third-order valence-electron chi connectivity index (χ3n) is 5.47. The molecular weight excluding hydrogens is 400 g/mol. The second-order valence-corrected chi connectivity index (χ2v) is 7.86. The lowest BCUT2D eigenvalue weighted by molar-refractivity contribution is -0.907. The highest BCUT2D eigenvalue weighted by Crippen LogP contribution is 2.23. The number of rotatable bonds is 7. The van der Waals surface area contributed by atoms with E-state index in [4.69, 9.17) is 16.3 Å². The number of quaternary nitrogens is 1. The van der Waals surface area contributed by atoms with E-state index in [-0.39, 0.29) is 5.91 Å². The number of nitrogens with zero attached hydrogens (tertiary/aromatic N) is 2. The van der Waals surface area contributed by atoms with Crippen LogP contribution in [-0.4, -0.2) is 60.4 Å². The molecule has 1 aromatic heterocycles. The molecule has 1 saturated heterocycles. The SMILES string of the molecule is O=C(c1ccccc1Cl)N(CC[NH+]1CCOCC1)Cc1cn[nH]c1-c1ccccc1. The fourth-order valence-electron chi connectivity index (χ4n) is 3.75. The Balaban J connectivity index is 1.57. The van der Waals surface area contributed by atoms with Crippen LogP contribution >= 0.6 is 11.6 Å². The average Bonchev–Trinajstić information content (AvgIpc) is 3.26. The van der Waals surface area contributed by atoms with Gasteiger partial charge in [0.25, 0.3) is 5.91 Å². The van der Waals surface area contributed by atoms with Crippen molar-refractivity contribution in [3.63, 3.8) is 0 Å². The number of ether oxygens (including phenoxy) is 1. The molecule has 30 heavy (non-hydrogen) atoms. The number of benzene rings is 2. The van der Waals surface area contributed by atoms with Gasteiger partial charge in [0.05, 0.1) is 48.8 Å². The lowest BCUT2D eigenvalue weighted by atomic mass is 10.1. The number of hydrogen-bond donors (Lipinski definition) is 2. The first-order valence-electron chi connectivity index (χ1n) is 10.2. The van der Waals surface area contributed by atoms with Crippen LogP contribution in [0.5, 0.6) is 0 Å². The molecule has 2 N–H and O–H groups in total. The van der Waals surface area contributed by atoms with E-state index in [1.165, 1.54) is 4.90 Å². The molecule has 4 rings (SSSR count). The summed E-state index contributed by atoms with van der Waals surface area (Å²) in [6.45, 7) is 5.46. The van der Waals surface area contributed by atoms with Gasteiger partial charge in [-0.1, -0.05) is 54.1 Å². The summed E-state index contributed by atoms with van der Waals surface area (Å²) in [4.78, 5) is 16.7. The maximum absolute atomic E-state index is 13.4. The Morgan fingerprint density at radius 1 is 1.10 bits per heavy atom. The van der Waals surface area contributed by atoms with Crippen LogP contribution in [0.15, 0.2) is 60.8 Å². The zero-order valence-electron chi connectivity index (χ0n) is 16.8. The maximum Gasteiger partial charge on any atom is 0.255 e. The highest BCUT2D eigenvalue weighted by atomic mass is 35.5. The van der Waals surface area contributed by atoms with Crippen molar-refractivity contribution >= 4 is 17.5 Å². The predicted molar refractivity (Wildman–Crippen MR) is 117 cm³/mol. The van der Waals surface area contributed by atoms with Gasteiger partial charge in [-0.2, -0.15) is 5.10 Å². The molecule has 1 amide bonds. The van der Waals surface area contributed by atoms with E-state index in [2.05, 4.69) is 10.2 Å². The van der Waals surface area contributed by atoms with Gasteiger partial charge in [0.1, 0.15) is 13.1 Å². The monoisotopic (exact) mass is 425 g/mol. The lowest BCUT2D eigenvalue weighted by Crippen LogP contribution is -3.14. The Morgan fingerprint density at radius 3 is 2.60 bits per heavy atom. The van der Waals surface area contributed by atoms with E-state index in [0.717, 1.165) is 49.7 Å². The standard InChI is InChI=1S/C23H25ClN4O2/c24-21-9-5-4-8-20(21)23(29)28(11-10-27-12-14-30-15-13-27)17-19-16-25-26-22(19)18-6-2-1-3-7-18/h1-9,16H,10-15,17H2,(H,25,26)/p+1. The van der Waals surface area contributed by atoms with Gasteiger partial charge in [-0.3, -0.25) is 9.89 Å². The third-order valence-corrected chi connectivity index (χ3v) is 5.80. The summed E-state index contributed by atoms with van der Waals surface area (Å²) in [5.74, 6) is -0.0616. The van der Waals surface area contributed by atoms with Gasteiger partial charge in [-0.25, -0.2) is 0 Å². The number of aromatic amines is 1. The molecule has 0 saturated carbocycles. The summed E-state index contributed by atoms with van der Waals surface area (Å²) in [6.07, 6.45) is 1.80. The minimum Gasteiger partial charge on any atom is -0.370 e. The summed E-state index contributed by atoms with van der Waals surface area (Å²) in [5, 5.41) is 7.80. The molecule has 0 spiro atoms. The predicted octanol–water partition coefficient (Wildman–Crippen LogP) is 2.29. The number of amides is 1. The summed E-state index contributed by atoms with van der Waals surface area (Å²) >= 11 is 6.33. The number of hydrogen-bond acceptors (Lipinski definition) is 3. The minimum atomic E-state index is -0.0616. The molecule has 1 fully saturated rings. The largest absolute Gasteiger partial charge is 0.370 e. The molecule has 0 aliphatic carbocycles. The quantitative estimate of drug-likeness (QED) is 0.610. The molecule has 1 aliphatic rings. The van der Waals surface area contributed by atoms with Gasteiger partial charge in [0.2, 0.25) is 0 Å². The van der Waals surface area contributed by atoms with E-state index >= 15 is 0 Å². The highest BCUT2D eigenvalue weighted by molar-refractivity contribution is 6.33. The first kappa shape index (κ1) is 20.6. The summed E-state index contributed by atoms with van der Waals surface area (Å²) in [7, 11) is 0. The van der Waals surface area contributed by atoms with Crippen LogP contribution in [0.25, 0.3) is 11.3 Å². The van der Waals surface area contributed by atoms with Gasteiger partial charge in [0.15, 0.2) is 0 Å². The molecule has 7 heteroatoms. The first-order valence-corrected chi connectivity index (χ1v) is 10.6. The van der Waals surface area contributed by atoms with E-state index in [0.29, 0.717) is 23.7 Å². The van der Waals surface area contributed by atoms with Gasteiger partial charge < -0.3 is 14.5 Å². The zero-order valence-corrected chi connectivity index (χ0v) is 17.6. The van der Waals surface area contributed by atoms with Crippen LogP contribution in [-0.2, 0) is 11.3 Å². The number of nitrogens with one attached hydrogen (secondary N) is 2. The molecule has 2 aromatic carbocycles. The second-order valence-electron chi connectivity index (χ2n) is 7.46. The van der Waals surface area contributed by atoms with Crippen molar-refractivity contribution in [2.45, 2.75) is 6.54 Å². The van der Waals surface area contributed by atoms with Crippen LogP contribution in [0.2, 0.25) is 5.02 Å². The Kier molecular flexibility index (Phi) is 6.79. The van der Waals surface area contributed by atoms with E-state index in [1.54, 1.807) is 18.3 Å². The Morgan fingerprint density at radius 2 is 1.83 bits per heavy atom. The van der Waals surface area contributed by atoms with Crippen LogP contribution in [0.1, 0.15) is 15.9 Å². The molecule has 0 unspecified atom stereocenters. The van der Waals surface area contributed by atoms with Crippen molar-refractivity contribution in [1.82, 2.24) is 15.1 Å². The van der Waals surface area contributed by atoms with Crippen molar-refractivity contribution in [2.24, 2.45) is 0 Å². The third kappa shape index (κ3) is 4.90. The summed E-state index contributed by atoms with van der Waals surface area (Å²) in [6, 6.07) is 17.3. The molecule has 0 bridgehead atoms. The van der Waals surface area contributed by atoms with E-state index < -0.39 is 0 Å². The molecule has 2 heterocycles. The normalized spacial score (nSPS) is 14.6. The van der Waals surface area contributed by atoms with Crippen molar-refractivity contribution in [2.75, 3.05) is 39.4 Å². The maximum atomic E-state index is 13.4. The molecular formula is C23H26ClN4O2+.